The zero-order chi connectivity index (χ0) is 17.7. The number of benzene rings is 1. The highest BCUT2D eigenvalue weighted by atomic mass is 16.1. The summed E-state index contributed by atoms with van der Waals surface area (Å²) in [6.45, 7) is 4.08. The van der Waals surface area contributed by atoms with Gasteiger partial charge >= 0.3 is 0 Å². The van der Waals surface area contributed by atoms with Crippen molar-refractivity contribution in [2.75, 3.05) is 18.0 Å². The molecule has 2 aliphatic rings. The van der Waals surface area contributed by atoms with E-state index < -0.39 is 0 Å². The van der Waals surface area contributed by atoms with Gasteiger partial charge in [-0.25, -0.2) is 4.98 Å². The molecule has 2 unspecified atom stereocenters. The van der Waals surface area contributed by atoms with Crippen LogP contribution in [0.1, 0.15) is 31.9 Å². The number of nitrogens with zero attached hydrogens (tertiary/aromatic N) is 4. The molecule has 26 heavy (non-hydrogen) atoms. The molecule has 1 aliphatic carbocycles. The average Bonchev–Trinajstić information content (AvgIpc) is 3.22. The lowest BCUT2D eigenvalue weighted by atomic mass is 9.99. The van der Waals surface area contributed by atoms with Gasteiger partial charge in [-0.1, -0.05) is 37.3 Å². The number of piperidine rings is 1. The summed E-state index contributed by atoms with van der Waals surface area (Å²) in [5.74, 6) is 2.92. The van der Waals surface area contributed by atoms with E-state index in [0.29, 0.717) is 11.3 Å². The van der Waals surface area contributed by atoms with Crippen LogP contribution in [0.3, 0.4) is 0 Å². The molecule has 3 aromatic rings. The quantitative estimate of drug-likeness (QED) is 0.790. The summed E-state index contributed by atoms with van der Waals surface area (Å²) >= 11 is 0. The Morgan fingerprint density at radius 1 is 1.15 bits per heavy atom. The number of hydrogen-bond acceptors (Lipinski definition) is 4. The molecule has 5 rings (SSSR count). The number of rotatable bonds is 3. The van der Waals surface area contributed by atoms with Gasteiger partial charge in [0.05, 0.1) is 5.69 Å². The molecular formula is C20H23N5O. The van der Waals surface area contributed by atoms with Crippen LogP contribution >= 0.6 is 0 Å². The molecule has 2 atom stereocenters. The van der Waals surface area contributed by atoms with E-state index in [1.165, 1.54) is 19.3 Å². The van der Waals surface area contributed by atoms with E-state index in [-0.39, 0.29) is 5.56 Å². The Morgan fingerprint density at radius 3 is 2.58 bits per heavy atom. The molecule has 3 heterocycles. The maximum absolute atomic E-state index is 12.8. The molecule has 1 saturated carbocycles. The molecule has 0 radical (unpaired) electrons. The van der Waals surface area contributed by atoms with Crippen molar-refractivity contribution in [3.8, 4) is 11.4 Å². The van der Waals surface area contributed by atoms with Crippen molar-refractivity contribution in [2.45, 2.75) is 32.6 Å². The first kappa shape index (κ1) is 15.6. The zero-order valence-electron chi connectivity index (χ0n) is 15.0. The molecule has 1 saturated heterocycles. The molecular weight excluding hydrogens is 326 g/mol. The maximum atomic E-state index is 12.8. The Morgan fingerprint density at radius 2 is 1.88 bits per heavy atom. The Labute approximate surface area is 151 Å². The monoisotopic (exact) mass is 349 g/mol. The van der Waals surface area contributed by atoms with Crippen LogP contribution in [0, 0.1) is 11.8 Å². The number of fused-ring (bicyclic) bond motifs is 3. The molecule has 0 spiro atoms. The van der Waals surface area contributed by atoms with Crippen LogP contribution in [0.25, 0.3) is 16.9 Å². The van der Waals surface area contributed by atoms with E-state index in [0.717, 1.165) is 48.6 Å². The second-order valence-corrected chi connectivity index (χ2v) is 7.59. The highest BCUT2D eigenvalue weighted by Gasteiger charge is 2.35. The molecule has 1 N–H and O–H groups in total. The fraction of sp³-hybridized carbons (Fsp3) is 0.450. The van der Waals surface area contributed by atoms with Gasteiger partial charge in [-0.15, -0.1) is 5.10 Å². The van der Waals surface area contributed by atoms with Crippen LogP contribution in [-0.4, -0.2) is 32.7 Å². The first-order chi connectivity index (χ1) is 12.7. The van der Waals surface area contributed by atoms with Gasteiger partial charge in [0.25, 0.3) is 5.56 Å². The second-order valence-electron chi connectivity index (χ2n) is 7.59. The van der Waals surface area contributed by atoms with Crippen molar-refractivity contribution in [1.29, 1.82) is 0 Å². The van der Waals surface area contributed by atoms with E-state index in [9.17, 15) is 4.79 Å². The Kier molecular flexibility index (Phi) is 3.58. The molecule has 1 aliphatic heterocycles. The topological polar surface area (TPSA) is 66.3 Å². The smallest absolute Gasteiger partial charge is 0.277 e. The number of aryl methyl sites for hydroxylation is 1. The van der Waals surface area contributed by atoms with E-state index in [1.807, 2.05) is 37.3 Å². The molecule has 0 amide bonds. The molecule has 2 bridgehead atoms. The predicted molar refractivity (Wildman–Crippen MR) is 101 cm³/mol. The lowest BCUT2D eigenvalue weighted by Crippen LogP contribution is -2.38. The van der Waals surface area contributed by atoms with Crippen molar-refractivity contribution in [3.05, 3.63) is 46.4 Å². The summed E-state index contributed by atoms with van der Waals surface area (Å²) in [7, 11) is 0. The van der Waals surface area contributed by atoms with Crippen molar-refractivity contribution in [1.82, 2.24) is 19.6 Å². The maximum Gasteiger partial charge on any atom is 0.277 e. The number of aromatic nitrogens is 4. The summed E-state index contributed by atoms with van der Waals surface area (Å²) < 4.78 is 1.78. The summed E-state index contributed by atoms with van der Waals surface area (Å²) in [5, 5.41) is 4.78. The van der Waals surface area contributed by atoms with Crippen LogP contribution in [0.2, 0.25) is 0 Å². The normalized spacial score (nSPS) is 22.3. The Balaban J connectivity index is 1.68. The van der Waals surface area contributed by atoms with Crippen molar-refractivity contribution < 1.29 is 0 Å². The van der Waals surface area contributed by atoms with Crippen LogP contribution in [0.15, 0.2) is 35.1 Å². The second kappa shape index (κ2) is 5.97. The van der Waals surface area contributed by atoms with Gasteiger partial charge in [0.1, 0.15) is 0 Å². The van der Waals surface area contributed by atoms with Crippen LogP contribution < -0.4 is 10.5 Å². The SMILES string of the molecule is CCc1nc(N2CC3CCC(C3)C2)n2nc(-c3ccccc3)[nH]c(=O)c12. The van der Waals surface area contributed by atoms with E-state index in [1.54, 1.807) is 4.52 Å². The number of H-pyrrole nitrogens is 1. The molecule has 2 aromatic heterocycles. The third kappa shape index (κ3) is 2.43. The highest BCUT2D eigenvalue weighted by Crippen LogP contribution is 2.38. The fourth-order valence-corrected chi connectivity index (χ4v) is 4.61. The first-order valence-electron chi connectivity index (χ1n) is 9.55. The minimum atomic E-state index is -0.116. The van der Waals surface area contributed by atoms with Gasteiger partial charge in [0.15, 0.2) is 11.3 Å². The lowest BCUT2D eigenvalue weighted by molar-refractivity contribution is 0.415. The summed E-state index contributed by atoms with van der Waals surface area (Å²) in [5.41, 5.74) is 2.20. The van der Waals surface area contributed by atoms with Gasteiger partial charge in [-0.3, -0.25) is 4.79 Å². The fourth-order valence-electron chi connectivity index (χ4n) is 4.61. The van der Waals surface area contributed by atoms with Crippen LogP contribution in [0.4, 0.5) is 5.95 Å². The number of nitrogens with one attached hydrogen (secondary N) is 1. The zero-order valence-corrected chi connectivity index (χ0v) is 15.0. The number of hydrogen-bond donors (Lipinski definition) is 1. The van der Waals surface area contributed by atoms with Gasteiger partial charge in [-0.2, -0.15) is 4.52 Å². The molecule has 6 heteroatoms. The molecule has 2 fully saturated rings. The van der Waals surface area contributed by atoms with Crippen molar-refractivity contribution in [2.24, 2.45) is 11.8 Å². The Bertz CT molecular complexity index is 994. The lowest BCUT2D eigenvalue weighted by Gasteiger charge is -2.31. The van der Waals surface area contributed by atoms with Gasteiger partial charge in [-0.05, 0) is 37.5 Å². The highest BCUT2D eigenvalue weighted by molar-refractivity contribution is 5.61. The first-order valence-corrected chi connectivity index (χ1v) is 9.55. The minimum absolute atomic E-state index is 0.116. The van der Waals surface area contributed by atoms with Gasteiger partial charge < -0.3 is 9.88 Å². The Hall–Kier alpha value is -2.63. The van der Waals surface area contributed by atoms with Crippen molar-refractivity contribution in [3.63, 3.8) is 0 Å². The summed E-state index contributed by atoms with van der Waals surface area (Å²) in [4.78, 5) is 22.9. The van der Waals surface area contributed by atoms with Gasteiger partial charge in [0, 0.05) is 18.7 Å². The van der Waals surface area contributed by atoms with E-state index >= 15 is 0 Å². The molecule has 134 valence electrons. The summed E-state index contributed by atoms with van der Waals surface area (Å²) in [6, 6.07) is 9.79. The predicted octanol–water partition coefficient (Wildman–Crippen LogP) is 2.88. The largest absolute Gasteiger partial charge is 0.340 e. The van der Waals surface area contributed by atoms with E-state index in [2.05, 4.69) is 9.88 Å². The number of aromatic amines is 1. The molecule has 1 aromatic carbocycles. The third-order valence-electron chi connectivity index (χ3n) is 5.83. The van der Waals surface area contributed by atoms with E-state index in [4.69, 9.17) is 10.1 Å². The minimum Gasteiger partial charge on any atom is -0.340 e. The standard InChI is InChI=1S/C20H23N5O/c1-2-16-17-19(26)22-18(15-6-4-3-5-7-15)23-25(17)20(21-16)24-11-13-8-9-14(10-13)12-24/h3-7,13-14H,2,8-12H2,1H3,(H,22,23,26). The number of imidazole rings is 1. The number of anilines is 1. The van der Waals surface area contributed by atoms with Crippen molar-refractivity contribution >= 4 is 11.5 Å². The van der Waals surface area contributed by atoms with Crippen LogP contribution in [0.5, 0.6) is 0 Å². The van der Waals surface area contributed by atoms with Crippen LogP contribution in [-0.2, 0) is 6.42 Å². The third-order valence-corrected chi connectivity index (χ3v) is 5.83. The molecule has 6 nitrogen and oxygen atoms in total. The summed E-state index contributed by atoms with van der Waals surface area (Å²) in [6.07, 6.45) is 4.69. The van der Waals surface area contributed by atoms with Gasteiger partial charge in [0.2, 0.25) is 5.95 Å². The average molecular weight is 349 g/mol.